The number of thiocarbonyl (C=S) groups is 1. The smallest absolute Gasteiger partial charge is 0.338 e. The van der Waals surface area contributed by atoms with Gasteiger partial charge in [0, 0.05) is 5.69 Å². The van der Waals surface area contributed by atoms with Crippen LogP contribution >= 0.6 is 12.2 Å². The average Bonchev–Trinajstić information content (AvgIpc) is 2.46. The van der Waals surface area contributed by atoms with Crippen molar-refractivity contribution in [3.05, 3.63) is 54.1 Å². The number of carbonyl (C=O) groups excluding carboxylic acids is 1. The Labute approximate surface area is 135 Å². The molecule has 114 valence electrons. The van der Waals surface area contributed by atoms with Gasteiger partial charge < -0.3 is 15.8 Å². The van der Waals surface area contributed by atoms with E-state index in [4.69, 9.17) is 22.7 Å². The van der Waals surface area contributed by atoms with Crippen molar-refractivity contribution >= 4 is 29.0 Å². The Morgan fingerprint density at radius 3 is 2.41 bits per heavy atom. The van der Waals surface area contributed by atoms with Crippen molar-refractivity contribution in [2.45, 2.75) is 20.0 Å². The van der Waals surface area contributed by atoms with E-state index in [9.17, 15) is 4.79 Å². The summed E-state index contributed by atoms with van der Waals surface area (Å²) in [6.07, 6.45) is -0.144. The normalized spacial score (nSPS) is 10.3. The van der Waals surface area contributed by atoms with Crippen LogP contribution in [0.5, 0.6) is 0 Å². The quantitative estimate of drug-likeness (QED) is 0.667. The van der Waals surface area contributed by atoms with Crippen molar-refractivity contribution < 1.29 is 9.53 Å². The Balaban J connectivity index is 2.29. The van der Waals surface area contributed by atoms with Gasteiger partial charge in [-0.3, -0.25) is 0 Å². The number of rotatable bonds is 4. The second kappa shape index (κ2) is 7.04. The molecule has 2 aromatic rings. The van der Waals surface area contributed by atoms with Gasteiger partial charge >= 0.3 is 5.97 Å². The predicted molar refractivity (Wildman–Crippen MR) is 92.8 cm³/mol. The highest BCUT2D eigenvalue weighted by molar-refractivity contribution is 7.80. The first-order chi connectivity index (χ1) is 10.5. The van der Waals surface area contributed by atoms with E-state index < -0.39 is 0 Å². The lowest BCUT2D eigenvalue weighted by Gasteiger charge is -2.10. The third-order valence-corrected chi connectivity index (χ3v) is 3.01. The molecule has 0 bridgehead atoms. The summed E-state index contributed by atoms with van der Waals surface area (Å²) in [5.41, 5.74) is 8.69. The lowest BCUT2D eigenvalue weighted by molar-refractivity contribution is 0.0378. The molecule has 0 heterocycles. The van der Waals surface area contributed by atoms with Gasteiger partial charge in [0.15, 0.2) is 5.11 Å². The topological polar surface area (TPSA) is 64.3 Å². The Morgan fingerprint density at radius 1 is 1.14 bits per heavy atom. The maximum Gasteiger partial charge on any atom is 0.338 e. The van der Waals surface area contributed by atoms with E-state index in [1.807, 2.05) is 56.3 Å². The molecule has 0 aliphatic heterocycles. The van der Waals surface area contributed by atoms with Crippen LogP contribution in [-0.4, -0.2) is 17.2 Å². The monoisotopic (exact) mass is 314 g/mol. The first-order valence-electron chi connectivity index (χ1n) is 6.93. The molecular weight excluding hydrogens is 296 g/mol. The Bertz CT molecular complexity index is 699. The summed E-state index contributed by atoms with van der Waals surface area (Å²) in [5, 5.41) is 3.11. The zero-order chi connectivity index (χ0) is 16.1. The molecule has 0 unspecified atom stereocenters. The average molecular weight is 314 g/mol. The van der Waals surface area contributed by atoms with Gasteiger partial charge in [-0.1, -0.05) is 24.3 Å². The van der Waals surface area contributed by atoms with Gasteiger partial charge in [0.25, 0.3) is 0 Å². The highest BCUT2D eigenvalue weighted by atomic mass is 32.1. The van der Waals surface area contributed by atoms with Crippen LogP contribution in [0.25, 0.3) is 11.1 Å². The van der Waals surface area contributed by atoms with E-state index in [2.05, 4.69) is 5.32 Å². The van der Waals surface area contributed by atoms with E-state index in [0.29, 0.717) is 5.56 Å². The van der Waals surface area contributed by atoms with Crippen LogP contribution in [0.2, 0.25) is 0 Å². The fourth-order valence-corrected chi connectivity index (χ4v) is 2.14. The molecule has 0 amide bonds. The summed E-state index contributed by atoms with van der Waals surface area (Å²) in [6.45, 7) is 3.65. The van der Waals surface area contributed by atoms with Crippen molar-refractivity contribution in [1.29, 1.82) is 0 Å². The molecule has 0 aromatic heterocycles. The first kappa shape index (κ1) is 16.0. The van der Waals surface area contributed by atoms with Crippen molar-refractivity contribution in [3.63, 3.8) is 0 Å². The summed E-state index contributed by atoms with van der Waals surface area (Å²) < 4.78 is 5.22. The SMILES string of the molecule is CC(C)OC(=O)c1cccc(-c2cccc(NC(N)=S)c2)c1. The van der Waals surface area contributed by atoms with Crippen molar-refractivity contribution in [2.24, 2.45) is 5.73 Å². The molecule has 0 saturated heterocycles. The second-order valence-electron chi connectivity index (χ2n) is 5.10. The number of carbonyl (C=O) groups is 1. The largest absolute Gasteiger partial charge is 0.459 e. The maximum absolute atomic E-state index is 12.0. The molecule has 0 spiro atoms. The van der Waals surface area contributed by atoms with Crippen molar-refractivity contribution in [2.75, 3.05) is 5.32 Å². The number of nitrogens with two attached hydrogens (primary N) is 1. The first-order valence-corrected chi connectivity index (χ1v) is 7.34. The van der Waals surface area contributed by atoms with Gasteiger partial charge in [-0.2, -0.15) is 0 Å². The van der Waals surface area contributed by atoms with Crippen molar-refractivity contribution in [3.8, 4) is 11.1 Å². The lowest BCUT2D eigenvalue weighted by atomic mass is 10.0. The second-order valence-corrected chi connectivity index (χ2v) is 5.54. The van der Waals surface area contributed by atoms with E-state index in [-0.39, 0.29) is 17.2 Å². The highest BCUT2D eigenvalue weighted by Gasteiger charge is 2.10. The molecule has 0 atom stereocenters. The summed E-state index contributed by atoms with van der Waals surface area (Å²) in [4.78, 5) is 12.0. The van der Waals surface area contributed by atoms with Gasteiger partial charge in [0.1, 0.15) is 0 Å². The van der Waals surface area contributed by atoms with Gasteiger partial charge in [0.2, 0.25) is 0 Å². The molecule has 0 saturated carbocycles. The molecule has 0 radical (unpaired) electrons. The van der Waals surface area contributed by atoms with Crippen LogP contribution in [0.15, 0.2) is 48.5 Å². The number of hydrogen-bond donors (Lipinski definition) is 2. The molecule has 0 aliphatic rings. The minimum absolute atomic E-state index is 0.144. The highest BCUT2D eigenvalue weighted by Crippen LogP contribution is 2.24. The molecule has 0 aliphatic carbocycles. The van der Waals surface area contributed by atoms with Crippen LogP contribution in [0.3, 0.4) is 0 Å². The number of ether oxygens (including phenoxy) is 1. The van der Waals surface area contributed by atoms with Crippen LogP contribution in [-0.2, 0) is 4.74 Å². The third kappa shape index (κ3) is 4.30. The predicted octanol–water partition coefficient (Wildman–Crippen LogP) is 3.57. The van der Waals surface area contributed by atoms with Gasteiger partial charge in [0.05, 0.1) is 11.7 Å². The fraction of sp³-hybridized carbons (Fsp3) is 0.176. The Kier molecular flexibility index (Phi) is 5.12. The van der Waals surface area contributed by atoms with E-state index in [1.165, 1.54) is 0 Å². The molecule has 4 nitrogen and oxygen atoms in total. The summed E-state index contributed by atoms with van der Waals surface area (Å²) >= 11 is 4.84. The van der Waals surface area contributed by atoms with Crippen LogP contribution in [0.4, 0.5) is 5.69 Å². The van der Waals surface area contributed by atoms with Gasteiger partial charge in [-0.05, 0) is 61.5 Å². The molecular formula is C17H18N2O2S. The maximum atomic E-state index is 12.0. The standard InChI is InChI=1S/C17H18N2O2S/c1-11(2)21-16(20)14-7-3-5-12(9-14)13-6-4-8-15(10-13)19-17(18)22/h3-11H,1-2H3,(H3,18,19,22). The van der Waals surface area contributed by atoms with Crippen LogP contribution < -0.4 is 11.1 Å². The van der Waals surface area contributed by atoms with Crippen molar-refractivity contribution in [1.82, 2.24) is 0 Å². The summed E-state index contributed by atoms with van der Waals surface area (Å²) in [7, 11) is 0. The zero-order valence-corrected chi connectivity index (χ0v) is 13.3. The molecule has 2 rings (SSSR count). The van der Waals surface area contributed by atoms with Gasteiger partial charge in [-0.25, -0.2) is 4.79 Å². The minimum Gasteiger partial charge on any atom is -0.459 e. The van der Waals surface area contributed by atoms with E-state index >= 15 is 0 Å². The molecule has 0 fully saturated rings. The number of nitrogens with one attached hydrogen (secondary N) is 1. The molecule has 22 heavy (non-hydrogen) atoms. The number of esters is 1. The van der Waals surface area contributed by atoms with Crippen LogP contribution in [0, 0.1) is 0 Å². The number of benzene rings is 2. The summed E-state index contributed by atoms with van der Waals surface area (Å²) in [5.74, 6) is -0.325. The Morgan fingerprint density at radius 2 is 1.77 bits per heavy atom. The van der Waals surface area contributed by atoms with Gasteiger partial charge in [-0.15, -0.1) is 0 Å². The van der Waals surface area contributed by atoms with E-state index in [1.54, 1.807) is 6.07 Å². The fourth-order valence-electron chi connectivity index (χ4n) is 2.03. The minimum atomic E-state index is -0.325. The van der Waals surface area contributed by atoms with Crippen LogP contribution in [0.1, 0.15) is 24.2 Å². The Hall–Kier alpha value is -2.40. The summed E-state index contributed by atoms with van der Waals surface area (Å²) in [6, 6.07) is 15.0. The molecule has 5 heteroatoms. The zero-order valence-electron chi connectivity index (χ0n) is 12.5. The number of hydrogen-bond acceptors (Lipinski definition) is 3. The van der Waals surface area contributed by atoms with E-state index in [0.717, 1.165) is 16.8 Å². The third-order valence-electron chi connectivity index (χ3n) is 2.90. The number of anilines is 1. The molecule has 2 aromatic carbocycles. The molecule has 3 N–H and O–H groups in total. The lowest BCUT2D eigenvalue weighted by Crippen LogP contribution is -2.18.